The number of nitrogens with two attached hydrogens (primary N) is 1. The molecule has 1 aliphatic carbocycles. The molecule has 1 fully saturated rings. The molecule has 0 amide bonds. The van der Waals surface area contributed by atoms with Gasteiger partial charge in [0.25, 0.3) is 0 Å². The molecule has 0 spiro atoms. The Kier molecular flexibility index (Phi) is 2.50. The predicted molar refractivity (Wildman–Crippen MR) is 39.6 cm³/mol. The highest BCUT2D eigenvalue weighted by molar-refractivity contribution is 5.85. The molecule has 0 aromatic heterocycles. The predicted octanol–water partition coefficient (Wildman–Crippen LogP) is 0.526. The smallest absolute Gasteiger partial charge is 0.0620 e. The van der Waals surface area contributed by atoms with Gasteiger partial charge in [0, 0.05) is 11.5 Å². The van der Waals surface area contributed by atoms with Crippen molar-refractivity contribution < 1.29 is 5.11 Å². The standard InChI is InChI=1S/C6H13NO.ClH/c1-6(2)4(7)3-5(6)8;/h4-5,8H,3,7H2,1-2H3;1H/t4-,5+;/m0./s1. The Morgan fingerprint density at radius 2 is 2.00 bits per heavy atom. The van der Waals surface area contributed by atoms with Crippen molar-refractivity contribution in [2.24, 2.45) is 11.1 Å². The number of rotatable bonds is 0. The molecule has 2 atom stereocenters. The minimum absolute atomic E-state index is 0. The lowest BCUT2D eigenvalue weighted by atomic mass is 9.65. The third-order valence-electron chi connectivity index (χ3n) is 2.29. The molecule has 0 aliphatic heterocycles. The number of hydrogen-bond donors (Lipinski definition) is 2. The van der Waals surface area contributed by atoms with Crippen molar-refractivity contribution in [3.05, 3.63) is 0 Å². The molecule has 3 heteroatoms. The second-order valence-electron chi connectivity index (χ2n) is 3.18. The lowest BCUT2D eigenvalue weighted by Crippen LogP contribution is -2.57. The van der Waals surface area contributed by atoms with Crippen LogP contribution < -0.4 is 5.73 Å². The van der Waals surface area contributed by atoms with Crippen LogP contribution in [0.1, 0.15) is 20.3 Å². The first kappa shape index (κ1) is 9.21. The third-order valence-corrected chi connectivity index (χ3v) is 2.29. The fourth-order valence-electron chi connectivity index (χ4n) is 0.935. The topological polar surface area (TPSA) is 46.2 Å². The average Bonchev–Trinajstić information content (AvgIpc) is 1.68. The van der Waals surface area contributed by atoms with Crippen LogP contribution in [0.5, 0.6) is 0 Å². The van der Waals surface area contributed by atoms with Gasteiger partial charge in [-0.2, -0.15) is 0 Å². The fourth-order valence-corrected chi connectivity index (χ4v) is 0.935. The molecule has 0 radical (unpaired) electrons. The summed E-state index contributed by atoms with van der Waals surface area (Å²) in [5.41, 5.74) is 5.56. The van der Waals surface area contributed by atoms with Gasteiger partial charge in [0.2, 0.25) is 0 Å². The summed E-state index contributed by atoms with van der Waals surface area (Å²) in [6.45, 7) is 3.98. The summed E-state index contributed by atoms with van der Waals surface area (Å²) >= 11 is 0. The van der Waals surface area contributed by atoms with Crippen LogP contribution in [0.3, 0.4) is 0 Å². The van der Waals surface area contributed by atoms with Gasteiger partial charge in [0.15, 0.2) is 0 Å². The molecular formula is C6H14ClNO. The van der Waals surface area contributed by atoms with Crippen LogP contribution in [0.25, 0.3) is 0 Å². The van der Waals surface area contributed by atoms with E-state index in [4.69, 9.17) is 10.8 Å². The molecule has 2 nitrogen and oxygen atoms in total. The van der Waals surface area contributed by atoms with Gasteiger partial charge in [-0.25, -0.2) is 0 Å². The van der Waals surface area contributed by atoms with E-state index in [9.17, 15) is 0 Å². The van der Waals surface area contributed by atoms with Gasteiger partial charge in [-0.1, -0.05) is 13.8 Å². The molecule has 1 aliphatic rings. The lowest BCUT2D eigenvalue weighted by Gasteiger charge is -2.47. The van der Waals surface area contributed by atoms with E-state index in [-0.39, 0.29) is 30.0 Å². The molecule has 9 heavy (non-hydrogen) atoms. The minimum atomic E-state index is -0.169. The maximum Gasteiger partial charge on any atom is 0.0620 e. The Balaban J connectivity index is 0.000000640. The first-order valence-electron chi connectivity index (χ1n) is 2.99. The van der Waals surface area contributed by atoms with Crippen LogP contribution in [-0.4, -0.2) is 17.3 Å². The van der Waals surface area contributed by atoms with Crippen molar-refractivity contribution in [2.75, 3.05) is 0 Å². The largest absolute Gasteiger partial charge is 0.392 e. The summed E-state index contributed by atoms with van der Waals surface area (Å²) in [6.07, 6.45) is 0.602. The van der Waals surface area contributed by atoms with Crippen LogP contribution >= 0.6 is 12.4 Å². The van der Waals surface area contributed by atoms with Gasteiger partial charge in [0.05, 0.1) is 6.10 Å². The molecule has 0 unspecified atom stereocenters. The SMILES string of the molecule is CC1(C)[C@H](O)C[C@@H]1N.Cl. The van der Waals surface area contributed by atoms with Crippen LogP contribution in [0, 0.1) is 5.41 Å². The highest BCUT2D eigenvalue weighted by Crippen LogP contribution is 2.38. The van der Waals surface area contributed by atoms with E-state index in [1.54, 1.807) is 0 Å². The zero-order valence-corrected chi connectivity index (χ0v) is 6.61. The highest BCUT2D eigenvalue weighted by atomic mass is 35.5. The van der Waals surface area contributed by atoms with Crippen LogP contribution in [0.4, 0.5) is 0 Å². The second kappa shape index (κ2) is 2.45. The van der Waals surface area contributed by atoms with Gasteiger partial charge < -0.3 is 10.8 Å². The van der Waals surface area contributed by atoms with Gasteiger partial charge in [-0.3, -0.25) is 0 Å². The van der Waals surface area contributed by atoms with Gasteiger partial charge in [0.1, 0.15) is 0 Å². The number of aliphatic hydroxyl groups is 1. The maximum absolute atomic E-state index is 9.07. The Morgan fingerprint density at radius 3 is 2.00 bits per heavy atom. The molecular weight excluding hydrogens is 138 g/mol. The quantitative estimate of drug-likeness (QED) is 0.531. The molecule has 1 rings (SSSR count). The van der Waals surface area contributed by atoms with Crippen molar-refractivity contribution in [2.45, 2.75) is 32.4 Å². The monoisotopic (exact) mass is 151 g/mol. The second-order valence-corrected chi connectivity index (χ2v) is 3.18. The summed E-state index contributed by atoms with van der Waals surface area (Å²) in [5.74, 6) is 0. The zero-order chi connectivity index (χ0) is 6.36. The number of aliphatic hydroxyl groups excluding tert-OH is 1. The van der Waals surface area contributed by atoms with Gasteiger partial charge in [-0.05, 0) is 6.42 Å². The third kappa shape index (κ3) is 1.20. The minimum Gasteiger partial charge on any atom is -0.392 e. The van der Waals surface area contributed by atoms with E-state index in [1.165, 1.54) is 0 Å². The summed E-state index contributed by atoms with van der Waals surface area (Å²) in [7, 11) is 0. The number of hydrogen-bond acceptors (Lipinski definition) is 2. The Labute approximate surface area is 61.8 Å². The summed E-state index contributed by atoms with van der Waals surface area (Å²) < 4.78 is 0. The van der Waals surface area contributed by atoms with E-state index >= 15 is 0 Å². The van der Waals surface area contributed by atoms with E-state index in [1.807, 2.05) is 13.8 Å². The van der Waals surface area contributed by atoms with Crippen LogP contribution in [0.15, 0.2) is 0 Å². The van der Waals surface area contributed by atoms with Crippen molar-refractivity contribution in [1.82, 2.24) is 0 Å². The molecule has 0 bridgehead atoms. The summed E-state index contributed by atoms with van der Waals surface area (Å²) in [5, 5.41) is 9.07. The van der Waals surface area contributed by atoms with Crippen molar-refractivity contribution in [1.29, 1.82) is 0 Å². The van der Waals surface area contributed by atoms with Gasteiger partial charge >= 0.3 is 0 Å². The Hall–Kier alpha value is 0.210. The first-order chi connectivity index (χ1) is 3.55. The molecule has 0 aromatic rings. The molecule has 0 heterocycles. The van der Waals surface area contributed by atoms with Crippen LogP contribution in [-0.2, 0) is 0 Å². The highest BCUT2D eigenvalue weighted by Gasteiger charge is 2.44. The Bertz CT molecular complexity index is 95.2. The maximum atomic E-state index is 9.07. The molecule has 0 aromatic carbocycles. The van der Waals surface area contributed by atoms with Gasteiger partial charge in [-0.15, -0.1) is 12.4 Å². The van der Waals surface area contributed by atoms with Crippen molar-refractivity contribution >= 4 is 12.4 Å². The molecule has 3 N–H and O–H groups in total. The van der Waals surface area contributed by atoms with E-state index in [2.05, 4.69) is 0 Å². The molecule has 56 valence electrons. The van der Waals surface area contributed by atoms with E-state index in [0.717, 1.165) is 6.42 Å². The van der Waals surface area contributed by atoms with Crippen molar-refractivity contribution in [3.8, 4) is 0 Å². The molecule has 1 saturated carbocycles. The molecule has 0 saturated heterocycles. The fraction of sp³-hybridized carbons (Fsp3) is 1.00. The first-order valence-corrected chi connectivity index (χ1v) is 2.99. The zero-order valence-electron chi connectivity index (χ0n) is 5.79. The Morgan fingerprint density at radius 1 is 1.56 bits per heavy atom. The summed E-state index contributed by atoms with van der Waals surface area (Å²) in [4.78, 5) is 0. The lowest BCUT2D eigenvalue weighted by molar-refractivity contribution is -0.0585. The normalized spacial score (nSPS) is 38.7. The van der Waals surface area contributed by atoms with E-state index < -0.39 is 0 Å². The van der Waals surface area contributed by atoms with Crippen molar-refractivity contribution in [3.63, 3.8) is 0 Å². The number of halogens is 1. The van der Waals surface area contributed by atoms with Crippen LogP contribution in [0.2, 0.25) is 0 Å². The summed E-state index contributed by atoms with van der Waals surface area (Å²) in [6, 6.07) is 0.206. The average molecular weight is 152 g/mol. The van der Waals surface area contributed by atoms with E-state index in [0.29, 0.717) is 0 Å².